The number of carboxylic acids is 1. The van der Waals surface area contributed by atoms with Crippen LogP contribution < -0.4 is 0 Å². The predicted molar refractivity (Wildman–Crippen MR) is 60.1 cm³/mol. The number of halogens is 1. The molecule has 1 rings (SSSR count). The van der Waals surface area contributed by atoms with E-state index in [1.54, 1.807) is 24.3 Å². The van der Waals surface area contributed by atoms with Gasteiger partial charge in [-0.2, -0.15) is 0 Å². The van der Waals surface area contributed by atoms with Crippen molar-refractivity contribution >= 4 is 27.7 Å². The Hall–Kier alpha value is -1.16. The molecule has 1 N–H and O–H groups in total. The maximum absolute atomic E-state index is 11.2. The summed E-state index contributed by atoms with van der Waals surface area (Å²) in [5.41, 5.74) is 1.40. The Bertz CT molecular complexity index is 387. The molecular weight excluding hydrogens is 260 g/mol. The molecule has 15 heavy (non-hydrogen) atoms. The van der Waals surface area contributed by atoms with Gasteiger partial charge in [0, 0.05) is 0 Å². The number of aliphatic carboxylic acids is 1. The highest BCUT2D eigenvalue weighted by Crippen LogP contribution is 2.27. The van der Waals surface area contributed by atoms with Crippen LogP contribution in [0.3, 0.4) is 0 Å². The molecule has 1 aromatic carbocycles. The van der Waals surface area contributed by atoms with Crippen LogP contribution >= 0.6 is 15.9 Å². The molecular formula is C11H11BrO3. The van der Waals surface area contributed by atoms with Gasteiger partial charge in [-0.05, 0) is 18.1 Å². The van der Waals surface area contributed by atoms with Gasteiger partial charge in [-0.25, -0.2) is 0 Å². The molecule has 0 aliphatic heterocycles. The Labute approximate surface area is 96.2 Å². The van der Waals surface area contributed by atoms with E-state index in [9.17, 15) is 9.59 Å². The van der Waals surface area contributed by atoms with E-state index in [1.807, 2.05) is 0 Å². The molecule has 0 heterocycles. The topological polar surface area (TPSA) is 54.4 Å². The van der Waals surface area contributed by atoms with Gasteiger partial charge < -0.3 is 5.11 Å². The van der Waals surface area contributed by atoms with Gasteiger partial charge in [-0.1, -0.05) is 40.2 Å². The molecule has 1 aromatic rings. The first-order valence-electron chi connectivity index (χ1n) is 4.46. The van der Waals surface area contributed by atoms with Gasteiger partial charge in [-0.3, -0.25) is 9.59 Å². The number of hydrogen-bond acceptors (Lipinski definition) is 2. The number of carbonyl (C=O) groups excluding carboxylic acids is 1. The van der Waals surface area contributed by atoms with E-state index < -0.39 is 10.8 Å². The van der Waals surface area contributed by atoms with Crippen molar-refractivity contribution in [2.75, 3.05) is 0 Å². The summed E-state index contributed by atoms with van der Waals surface area (Å²) in [6.07, 6.45) is -0.0639. The summed E-state index contributed by atoms with van der Waals surface area (Å²) >= 11 is 3.25. The molecule has 0 spiro atoms. The Morgan fingerprint density at radius 3 is 2.53 bits per heavy atom. The van der Waals surface area contributed by atoms with Crippen LogP contribution in [-0.2, 0) is 16.0 Å². The molecule has 0 saturated heterocycles. The summed E-state index contributed by atoms with van der Waals surface area (Å²) in [7, 11) is 0. The number of rotatable bonds is 4. The van der Waals surface area contributed by atoms with Gasteiger partial charge in [0.1, 0.15) is 5.78 Å². The van der Waals surface area contributed by atoms with Crippen molar-refractivity contribution < 1.29 is 14.7 Å². The third kappa shape index (κ3) is 3.16. The zero-order valence-corrected chi connectivity index (χ0v) is 9.82. The van der Waals surface area contributed by atoms with Gasteiger partial charge in [0.15, 0.2) is 0 Å². The fourth-order valence-electron chi connectivity index (χ4n) is 1.32. The molecule has 0 amide bonds. The highest BCUT2D eigenvalue weighted by Gasteiger charge is 2.17. The number of carboxylic acid groups (broad SMARTS) is 1. The van der Waals surface area contributed by atoms with E-state index in [0.717, 1.165) is 5.56 Å². The van der Waals surface area contributed by atoms with E-state index >= 15 is 0 Å². The third-order valence-electron chi connectivity index (χ3n) is 2.03. The van der Waals surface area contributed by atoms with Gasteiger partial charge in [0.25, 0.3) is 0 Å². The third-order valence-corrected chi connectivity index (χ3v) is 3.16. The van der Waals surface area contributed by atoms with E-state index in [2.05, 4.69) is 15.9 Å². The first kappa shape index (κ1) is 11.9. The highest BCUT2D eigenvalue weighted by molar-refractivity contribution is 9.09. The van der Waals surface area contributed by atoms with Gasteiger partial charge >= 0.3 is 5.97 Å². The van der Waals surface area contributed by atoms with E-state index in [4.69, 9.17) is 5.11 Å². The molecule has 1 unspecified atom stereocenters. The second-order valence-electron chi connectivity index (χ2n) is 3.24. The Morgan fingerprint density at radius 1 is 1.40 bits per heavy atom. The van der Waals surface area contributed by atoms with Gasteiger partial charge in [0.2, 0.25) is 0 Å². The van der Waals surface area contributed by atoms with Crippen molar-refractivity contribution in [2.24, 2.45) is 0 Å². The maximum Gasteiger partial charge on any atom is 0.307 e. The number of Topliss-reactive ketones (excluding diaryl/α,β-unsaturated/α-hetero) is 1. The molecule has 0 radical (unpaired) electrons. The average molecular weight is 271 g/mol. The maximum atomic E-state index is 11.2. The van der Waals surface area contributed by atoms with Gasteiger partial charge in [0.05, 0.1) is 11.2 Å². The molecule has 0 aliphatic carbocycles. The summed E-state index contributed by atoms with van der Waals surface area (Å²) in [5.74, 6) is -0.932. The fraction of sp³-hybridized carbons (Fsp3) is 0.273. The lowest BCUT2D eigenvalue weighted by atomic mass is 10.0. The molecule has 1 atom stereocenters. The zero-order chi connectivity index (χ0) is 11.4. The van der Waals surface area contributed by atoms with Crippen LogP contribution in [0, 0.1) is 0 Å². The minimum absolute atomic E-state index is 0.0344. The van der Waals surface area contributed by atoms with Crippen LogP contribution in [0.25, 0.3) is 0 Å². The molecule has 0 bridgehead atoms. The standard InChI is InChI=1S/C11H11BrO3/c1-7(13)11(12)9-5-3-2-4-8(9)6-10(14)15/h2-5,11H,6H2,1H3,(H,14,15). The van der Waals surface area contributed by atoms with Crippen molar-refractivity contribution in [1.82, 2.24) is 0 Å². The number of carbonyl (C=O) groups is 2. The van der Waals surface area contributed by atoms with Crippen LogP contribution in [0.4, 0.5) is 0 Å². The normalized spacial score (nSPS) is 12.1. The first-order chi connectivity index (χ1) is 7.02. The van der Waals surface area contributed by atoms with Crippen LogP contribution in [0.1, 0.15) is 22.9 Å². The van der Waals surface area contributed by atoms with Crippen molar-refractivity contribution in [3.05, 3.63) is 35.4 Å². The molecule has 0 aliphatic rings. The molecule has 80 valence electrons. The lowest BCUT2D eigenvalue weighted by Gasteiger charge is -2.10. The summed E-state index contributed by atoms with van der Waals surface area (Å²) in [6, 6.07) is 7.04. The lowest BCUT2D eigenvalue weighted by molar-refractivity contribution is -0.136. The van der Waals surface area contributed by atoms with Crippen molar-refractivity contribution in [2.45, 2.75) is 18.2 Å². The molecule has 0 saturated carbocycles. The summed E-state index contributed by atoms with van der Waals surface area (Å²) in [6.45, 7) is 1.47. The van der Waals surface area contributed by atoms with E-state index in [-0.39, 0.29) is 12.2 Å². The minimum atomic E-state index is -0.897. The van der Waals surface area contributed by atoms with Gasteiger partial charge in [-0.15, -0.1) is 0 Å². The number of benzene rings is 1. The smallest absolute Gasteiger partial charge is 0.307 e. The second kappa shape index (κ2) is 5.07. The van der Waals surface area contributed by atoms with E-state index in [1.165, 1.54) is 6.92 Å². The van der Waals surface area contributed by atoms with Crippen molar-refractivity contribution in [3.8, 4) is 0 Å². The number of alkyl halides is 1. The minimum Gasteiger partial charge on any atom is -0.481 e. The van der Waals surface area contributed by atoms with Crippen LogP contribution in [0.2, 0.25) is 0 Å². The summed E-state index contributed by atoms with van der Waals surface area (Å²) in [4.78, 5) is 21.4. The summed E-state index contributed by atoms with van der Waals surface area (Å²) < 4.78 is 0. The molecule has 3 nitrogen and oxygen atoms in total. The zero-order valence-electron chi connectivity index (χ0n) is 8.24. The van der Waals surface area contributed by atoms with Crippen molar-refractivity contribution in [1.29, 1.82) is 0 Å². The van der Waals surface area contributed by atoms with Crippen LogP contribution in [-0.4, -0.2) is 16.9 Å². The first-order valence-corrected chi connectivity index (χ1v) is 5.38. The number of hydrogen-bond donors (Lipinski definition) is 1. The second-order valence-corrected chi connectivity index (χ2v) is 4.16. The monoisotopic (exact) mass is 270 g/mol. The molecule has 0 fully saturated rings. The van der Waals surface area contributed by atoms with Crippen LogP contribution in [0.15, 0.2) is 24.3 Å². The Morgan fingerprint density at radius 2 is 2.00 bits per heavy atom. The van der Waals surface area contributed by atoms with Crippen LogP contribution in [0.5, 0.6) is 0 Å². The summed E-state index contributed by atoms with van der Waals surface area (Å²) in [5, 5.41) is 8.71. The predicted octanol–water partition coefficient (Wildman–Crippen LogP) is 2.34. The molecule has 4 heteroatoms. The van der Waals surface area contributed by atoms with Crippen molar-refractivity contribution in [3.63, 3.8) is 0 Å². The Balaban J connectivity index is 3.05. The quantitative estimate of drug-likeness (QED) is 0.855. The average Bonchev–Trinajstić information content (AvgIpc) is 2.16. The molecule has 0 aromatic heterocycles. The SMILES string of the molecule is CC(=O)C(Br)c1ccccc1CC(=O)O. The highest BCUT2D eigenvalue weighted by atomic mass is 79.9. The Kier molecular flexibility index (Phi) is 4.03. The lowest BCUT2D eigenvalue weighted by Crippen LogP contribution is -2.08. The number of ketones is 1. The van der Waals surface area contributed by atoms with E-state index in [0.29, 0.717) is 5.56 Å². The fourth-order valence-corrected chi connectivity index (χ4v) is 1.77. The largest absolute Gasteiger partial charge is 0.481 e.